The standard InChI is InChI=1S/C23H27ClN2O2/c1-15-10-16(2)12-19(11-15)23(28)26-9-8-21(25-17(3)27)14-22(26)13-18-4-6-20(24)7-5-18/h4-7,10-12,21-22H,8-9,13-14H2,1-3H3,(H,25,27)/t21-,22+/m0/s1. The van der Waals surface area contributed by atoms with Gasteiger partial charge >= 0.3 is 0 Å². The molecule has 28 heavy (non-hydrogen) atoms. The van der Waals surface area contributed by atoms with Crippen molar-refractivity contribution < 1.29 is 9.59 Å². The summed E-state index contributed by atoms with van der Waals surface area (Å²) in [5, 5.41) is 3.73. The lowest BCUT2D eigenvalue weighted by atomic mass is 9.91. The molecular formula is C23H27ClN2O2. The number of piperidine rings is 1. The Morgan fingerprint density at radius 2 is 1.75 bits per heavy atom. The maximum atomic E-state index is 13.3. The van der Waals surface area contributed by atoms with Gasteiger partial charge in [-0.05, 0) is 62.9 Å². The van der Waals surface area contributed by atoms with Gasteiger partial charge in [0, 0.05) is 36.1 Å². The molecule has 0 aromatic heterocycles. The Kier molecular flexibility index (Phi) is 6.40. The maximum Gasteiger partial charge on any atom is 0.254 e. The van der Waals surface area contributed by atoms with Crippen LogP contribution in [0.2, 0.25) is 5.02 Å². The van der Waals surface area contributed by atoms with E-state index in [1.54, 1.807) is 6.92 Å². The number of halogens is 1. The van der Waals surface area contributed by atoms with E-state index < -0.39 is 0 Å². The number of carbonyl (C=O) groups is 2. The third-order valence-electron chi connectivity index (χ3n) is 5.24. The Labute approximate surface area is 171 Å². The van der Waals surface area contributed by atoms with Gasteiger partial charge in [0.25, 0.3) is 5.91 Å². The lowest BCUT2D eigenvalue weighted by Crippen LogP contribution is -2.52. The van der Waals surface area contributed by atoms with Crippen LogP contribution >= 0.6 is 11.6 Å². The van der Waals surface area contributed by atoms with Gasteiger partial charge in [-0.15, -0.1) is 0 Å². The molecule has 1 N–H and O–H groups in total. The second-order valence-corrected chi connectivity index (χ2v) is 8.22. The maximum absolute atomic E-state index is 13.3. The fourth-order valence-electron chi connectivity index (χ4n) is 4.09. The van der Waals surface area contributed by atoms with Crippen molar-refractivity contribution in [3.8, 4) is 0 Å². The predicted molar refractivity (Wildman–Crippen MR) is 113 cm³/mol. The average Bonchev–Trinajstić information content (AvgIpc) is 2.62. The SMILES string of the molecule is CC(=O)N[C@H]1CCN(C(=O)c2cc(C)cc(C)c2)[C@H](Cc2ccc(Cl)cc2)C1. The summed E-state index contributed by atoms with van der Waals surface area (Å²) in [5.41, 5.74) is 4.05. The van der Waals surface area contributed by atoms with Crippen molar-refractivity contribution in [2.45, 2.75) is 52.1 Å². The van der Waals surface area contributed by atoms with Crippen molar-refractivity contribution in [1.29, 1.82) is 0 Å². The smallest absolute Gasteiger partial charge is 0.254 e. The molecule has 0 radical (unpaired) electrons. The summed E-state index contributed by atoms with van der Waals surface area (Å²) >= 11 is 6.01. The first-order valence-corrected chi connectivity index (χ1v) is 10.1. The van der Waals surface area contributed by atoms with Crippen LogP contribution in [0.1, 0.15) is 46.8 Å². The first kappa shape index (κ1) is 20.4. The van der Waals surface area contributed by atoms with Crippen LogP contribution in [0.15, 0.2) is 42.5 Å². The van der Waals surface area contributed by atoms with Gasteiger partial charge in [0.1, 0.15) is 0 Å². The van der Waals surface area contributed by atoms with Crippen molar-refractivity contribution in [2.75, 3.05) is 6.54 Å². The summed E-state index contributed by atoms with van der Waals surface area (Å²) in [5.74, 6) is 0.0383. The van der Waals surface area contributed by atoms with Crippen LogP contribution in [-0.4, -0.2) is 35.3 Å². The number of carbonyl (C=O) groups excluding carboxylic acids is 2. The van der Waals surface area contributed by atoms with Crippen molar-refractivity contribution in [3.05, 3.63) is 69.7 Å². The van der Waals surface area contributed by atoms with E-state index in [1.165, 1.54) is 0 Å². The molecule has 3 rings (SSSR count). The van der Waals surface area contributed by atoms with E-state index in [-0.39, 0.29) is 23.9 Å². The number of hydrogen-bond donors (Lipinski definition) is 1. The third-order valence-corrected chi connectivity index (χ3v) is 5.49. The Balaban J connectivity index is 1.84. The molecule has 1 heterocycles. The summed E-state index contributed by atoms with van der Waals surface area (Å²) in [7, 11) is 0. The van der Waals surface area contributed by atoms with Gasteiger partial charge in [0.15, 0.2) is 0 Å². The molecule has 2 aromatic rings. The van der Waals surface area contributed by atoms with Crippen LogP contribution in [0.25, 0.3) is 0 Å². The number of nitrogens with one attached hydrogen (secondary N) is 1. The van der Waals surface area contributed by atoms with Gasteiger partial charge in [-0.2, -0.15) is 0 Å². The van der Waals surface area contributed by atoms with Crippen LogP contribution in [0.4, 0.5) is 0 Å². The lowest BCUT2D eigenvalue weighted by molar-refractivity contribution is -0.120. The van der Waals surface area contributed by atoms with Gasteiger partial charge in [-0.3, -0.25) is 9.59 Å². The van der Waals surface area contributed by atoms with Gasteiger partial charge < -0.3 is 10.2 Å². The zero-order valence-electron chi connectivity index (χ0n) is 16.7. The van der Waals surface area contributed by atoms with E-state index in [9.17, 15) is 9.59 Å². The number of aryl methyl sites for hydroxylation is 2. The quantitative estimate of drug-likeness (QED) is 0.834. The van der Waals surface area contributed by atoms with Crippen LogP contribution < -0.4 is 5.32 Å². The van der Waals surface area contributed by atoms with Crippen LogP contribution in [0.5, 0.6) is 0 Å². The van der Waals surface area contributed by atoms with E-state index >= 15 is 0 Å². The molecule has 2 atom stereocenters. The highest BCUT2D eigenvalue weighted by atomic mass is 35.5. The first-order chi connectivity index (χ1) is 13.3. The molecule has 0 spiro atoms. The summed E-state index contributed by atoms with van der Waals surface area (Å²) in [6, 6.07) is 13.9. The summed E-state index contributed by atoms with van der Waals surface area (Å²) in [6.07, 6.45) is 2.26. The van der Waals surface area contributed by atoms with Crippen molar-refractivity contribution in [3.63, 3.8) is 0 Å². The Morgan fingerprint density at radius 3 is 2.36 bits per heavy atom. The number of rotatable bonds is 4. The molecule has 1 saturated heterocycles. The second-order valence-electron chi connectivity index (χ2n) is 7.78. The minimum Gasteiger partial charge on any atom is -0.353 e. The van der Waals surface area contributed by atoms with E-state index in [4.69, 9.17) is 11.6 Å². The van der Waals surface area contributed by atoms with Crippen LogP contribution in [-0.2, 0) is 11.2 Å². The molecule has 2 aromatic carbocycles. The molecular weight excluding hydrogens is 372 g/mol. The summed E-state index contributed by atoms with van der Waals surface area (Å²) in [6.45, 7) is 6.20. The van der Waals surface area contributed by atoms with Crippen molar-refractivity contribution in [2.24, 2.45) is 0 Å². The average molecular weight is 399 g/mol. The van der Waals surface area contributed by atoms with Crippen LogP contribution in [0.3, 0.4) is 0 Å². The molecule has 2 amide bonds. The highest BCUT2D eigenvalue weighted by molar-refractivity contribution is 6.30. The molecule has 0 aliphatic carbocycles. The Hall–Kier alpha value is -2.33. The zero-order valence-corrected chi connectivity index (χ0v) is 17.4. The fraction of sp³-hybridized carbons (Fsp3) is 0.391. The number of amides is 2. The molecule has 4 nitrogen and oxygen atoms in total. The van der Waals surface area contributed by atoms with Crippen molar-refractivity contribution in [1.82, 2.24) is 10.2 Å². The molecule has 148 valence electrons. The zero-order chi connectivity index (χ0) is 20.3. The molecule has 1 aliphatic rings. The van der Waals surface area contributed by atoms with E-state index in [1.807, 2.05) is 55.1 Å². The minimum atomic E-state index is -0.0238. The second kappa shape index (κ2) is 8.78. The van der Waals surface area contributed by atoms with Crippen molar-refractivity contribution >= 4 is 23.4 Å². The minimum absolute atomic E-state index is 0.0238. The number of nitrogens with zero attached hydrogens (tertiary/aromatic N) is 1. The topological polar surface area (TPSA) is 49.4 Å². The van der Waals surface area contributed by atoms with E-state index in [2.05, 4.69) is 11.4 Å². The highest BCUT2D eigenvalue weighted by Gasteiger charge is 2.32. The van der Waals surface area contributed by atoms with Crippen LogP contribution in [0, 0.1) is 13.8 Å². The Morgan fingerprint density at radius 1 is 1.11 bits per heavy atom. The molecule has 1 aliphatic heterocycles. The largest absolute Gasteiger partial charge is 0.353 e. The van der Waals surface area contributed by atoms with Gasteiger partial charge in [-0.1, -0.05) is 40.9 Å². The monoisotopic (exact) mass is 398 g/mol. The summed E-state index contributed by atoms with van der Waals surface area (Å²) < 4.78 is 0. The number of benzene rings is 2. The Bertz CT molecular complexity index is 843. The number of hydrogen-bond acceptors (Lipinski definition) is 2. The van der Waals surface area contributed by atoms with Gasteiger partial charge in [0.05, 0.1) is 0 Å². The van der Waals surface area contributed by atoms with E-state index in [0.29, 0.717) is 11.6 Å². The lowest BCUT2D eigenvalue weighted by Gasteiger charge is -2.40. The molecule has 1 fully saturated rings. The predicted octanol–water partition coefficient (Wildman–Crippen LogP) is 4.31. The molecule has 0 unspecified atom stereocenters. The first-order valence-electron chi connectivity index (χ1n) is 9.72. The highest BCUT2D eigenvalue weighted by Crippen LogP contribution is 2.25. The molecule has 5 heteroatoms. The molecule has 0 bridgehead atoms. The normalized spacial score (nSPS) is 19.4. The fourth-order valence-corrected chi connectivity index (χ4v) is 4.21. The third kappa shape index (κ3) is 5.14. The van der Waals surface area contributed by atoms with Gasteiger partial charge in [-0.25, -0.2) is 0 Å². The summed E-state index contributed by atoms with van der Waals surface area (Å²) in [4.78, 5) is 26.8. The molecule has 0 saturated carbocycles. The van der Waals surface area contributed by atoms with E-state index in [0.717, 1.165) is 41.5 Å². The number of likely N-dealkylation sites (tertiary alicyclic amines) is 1. The van der Waals surface area contributed by atoms with Gasteiger partial charge in [0.2, 0.25) is 5.91 Å².